The molecule has 2 amide bonds. The monoisotopic (exact) mass is 251 g/mol. The fourth-order valence-corrected chi connectivity index (χ4v) is 2.57. The molecule has 1 saturated heterocycles. The molecule has 2 aliphatic rings. The van der Waals surface area contributed by atoms with E-state index < -0.39 is 5.54 Å². The van der Waals surface area contributed by atoms with Crippen molar-refractivity contribution in [3.05, 3.63) is 0 Å². The third-order valence-electron chi connectivity index (χ3n) is 3.99. The quantitative estimate of drug-likeness (QED) is 0.768. The number of carbonyl (C=O) groups excluding carboxylic acids is 1. The largest absolute Gasteiger partial charge is 0.378 e. The number of hydrogen-bond acceptors (Lipinski definition) is 3. The van der Waals surface area contributed by atoms with Crippen molar-refractivity contribution in [2.75, 3.05) is 26.3 Å². The van der Waals surface area contributed by atoms with E-state index in [1.165, 1.54) is 0 Å². The zero-order valence-electron chi connectivity index (χ0n) is 10.9. The molecule has 0 radical (unpaired) electrons. The van der Waals surface area contributed by atoms with Crippen molar-refractivity contribution in [3.63, 3.8) is 0 Å². The van der Waals surface area contributed by atoms with Gasteiger partial charge in [-0.2, -0.15) is 5.26 Å². The van der Waals surface area contributed by atoms with Gasteiger partial charge in [-0.15, -0.1) is 0 Å². The number of urea groups is 1. The van der Waals surface area contributed by atoms with Gasteiger partial charge in [-0.05, 0) is 31.6 Å². The van der Waals surface area contributed by atoms with E-state index in [-0.39, 0.29) is 6.03 Å². The van der Waals surface area contributed by atoms with Crippen LogP contribution in [0.1, 0.15) is 32.6 Å². The van der Waals surface area contributed by atoms with Gasteiger partial charge in [0.25, 0.3) is 0 Å². The maximum atomic E-state index is 12.1. The second-order valence-corrected chi connectivity index (χ2v) is 5.41. The zero-order valence-corrected chi connectivity index (χ0v) is 10.9. The third-order valence-corrected chi connectivity index (χ3v) is 3.99. The maximum absolute atomic E-state index is 12.1. The molecule has 5 heteroatoms. The van der Waals surface area contributed by atoms with Crippen molar-refractivity contribution in [2.24, 2.45) is 5.92 Å². The van der Waals surface area contributed by atoms with Gasteiger partial charge in [0, 0.05) is 13.1 Å². The molecule has 1 aliphatic carbocycles. The Labute approximate surface area is 108 Å². The predicted octanol–water partition coefficient (Wildman–Crippen LogP) is 1.50. The van der Waals surface area contributed by atoms with E-state index in [9.17, 15) is 10.1 Å². The Morgan fingerprint density at radius 1 is 1.39 bits per heavy atom. The van der Waals surface area contributed by atoms with E-state index in [1.807, 2.05) is 0 Å². The summed E-state index contributed by atoms with van der Waals surface area (Å²) in [6, 6.07) is 2.20. The van der Waals surface area contributed by atoms with Crippen LogP contribution in [0.25, 0.3) is 0 Å². The molecule has 1 aliphatic heterocycles. The van der Waals surface area contributed by atoms with Crippen LogP contribution >= 0.6 is 0 Å². The first-order valence-corrected chi connectivity index (χ1v) is 6.71. The number of nitrogens with zero attached hydrogens (tertiary/aromatic N) is 2. The van der Waals surface area contributed by atoms with Gasteiger partial charge in [0.2, 0.25) is 0 Å². The van der Waals surface area contributed by atoms with Crippen LogP contribution in [0.5, 0.6) is 0 Å². The molecule has 100 valence electrons. The standard InChI is InChI=1S/C13H21N3O2/c1-11-2-4-13(10-14,5-3-11)15-12(17)16-6-8-18-9-7-16/h11H,2-9H2,1H3,(H,15,17). The predicted molar refractivity (Wildman–Crippen MR) is 66.9 cm³/mol. The lowest BCUT2D eigenvalue weighted by molar-refractivity contribution is 0.0508. The van der Waals surface area contributed by atoms with Crippen molar-refractivity contribution < 1.29 is 9.53 Å². The van der Waals surface area contributed by atoms with Crippen LogP contribution in [-0.4, -0.2) is 42.8 Å². The number of nitrogens with one attached hydrogen (secondary N) is 1. The summed E-state index contributed by atoms with van der Waals surface area (Å²) in [5.74, 6) is 0.659. The summed E-state index contributed by atoms with van der Waals surface area (Å²) in [4.78, 5) is 13.9. The molecule has 2 fully saturated rings. The van der Waals surface area contributed by atoms with Crippen LogP contribution < -0.4 is 5.32 Å². The molecule has 0 unspecified atom stereocenters. The van der Waals surface area contributed by atoms with E-state index in [1.54, 1.807) is 4.90 Å². The maximum Gasteiger partial charge on any atom is 0.318 e. The van der Waals surface area contributed by atoms with Crippen LogP contribution in [0.2, 0.25) is 0 Å². The molecule has 0 atom stereocenters. The topological polar surface area (TPSA) is 65.4 Å². The number of amides is 2. The van der Waals surface area contributed by atoms with Crippen molar-refractivity contribution >= 4 is 6.03 Å². The van der Waals surface area contributed by atoms with E-state index in [2.05, 4.69) is 18.3 Å². The molecule has 18 heavy (non-hydrogen) atoms. The summed E-state index contributed by atoms with van der Waals surface area (Å²) in [5.41, 5.74) is -0.651. The SMILES string of the molecule is CC1CCC(C#N)(NC(=O)N2CCOCC2)CC1. The fraction of sp³-hybridized carbons (Fsp3) is 0.846. The van der Waals surface area contributed by atoms with Crippen molar-refractivity contribution in [2.45, 2.75) is 38.1 Å². The summed E-state index contributed by atoms with van der Waals surface area (Å²) in [6.07, 6.45) is 3.55. The molecule has 0 aromatic heterocycles. The van der Waals surface area contributed by atoms with Crippen molar-refractivity contribution in [1.29, 1.82) is 5.26 Å². The van der Waals surface area contributed by atoms with Gasteiger partial charge in [0.15, 0.2) is 0 Å². The van der Waals surface area contributed by atoms with E-state index in [0.29, 0.717) is 32.2 Å². The van der Waals surface area contributed by atoms with Crippen LogP contribution in [-0.2, 0) is 4.74 Å². The summed E-state index contributed by atoms with van der Waals surface area (Å²) in [7, 11) is 0. The molecule has 2 rings (SSSR count). The zero-order chi connectivity index (χ0) is 13.0. The Morgan fingerprint density at radius 2 is 2.00 bits per heavy atom. The Kier molecular flexibility index (Phi) is 4.07. The first-order chi connectivity index (χ1) is 8.65. The highest BCUT2D eigenvalue weighted by atomic mass is 16.5. The smallest absolute Gasteiger partial charge is 0.318 e. The van der Waals surface area contributed by atoms with E-state index in [0.717, 1.165) is 25.7 Å². The van der Waals surface area contributed by atoms with Crippen LogP contribution in [0.4, 0.5) is 4.79 Å². The Balaban J connectivity index is 1.93. The minimum absolute atomic E-state index is 0.116. The second-order valence-electron chi connectivity index (χ2n) is 5.41. The van der Waals surface area contributed by atoms with Crippen molar-refractivity contribution in [3.8, 4) is 6.07 Å². The van der Waals surface area contributed by atoms with Gasteiger partial charge >= 0.3 is 6.03 Å². The summed E-state index contributed by atoms with van der Waals surface area (Å²) in [5, 5.41) is 12.3. The second kappa shape index (κ2) is 5.57. The van der Waals surface area contributed by atoms with Crippen molar-refractivity contribution in [1.82, 2.24) is 10.2 Å². The normalized spacial score (nSPS) is 32.7. The molecule has 1 heterocycles. The van der Waals surface area contributed by atoms with Gasteiger partial charge in [-0.25, -0.2) is 4.79 Å². The molecule has 0 bridgehead atoms. The molecule has 0 spiro atoms. The highest BCUT2D eigenvalue weighted by Gasteiger charge is 2.36. The number of ether oxygens (including phenoxy) is 1. The van der Waals surface area contributed by atoms with E-state index >= 15 is 0 Å². The number of hydrogen-bond donors (Lipinski definition) is 1. The Morgan fingerprint density at radius 3 is 2.56 bits per heavy atom. The van der Waals surface area contributed by atoms with Crippen LogP contribution in [0, 0.1) is 17.2 Å². The number of nitriles is 1. The first-order valence-electron chi connectivity index (χ1n) is 6.71. The summed E-state index contributed by atoms with van der Waals surface area (Å²) >= 11 is 0. The lowest BCUT2D eigenvalue weighted by Crippen LogP contribution is -2.55. The van der Waals surface area contributed by atoms with Gasteiger partial charge < -0.3 is 15.0 Å². The van der Waals surface area contributed by atoms with E-state index in [4.69, 9.17) is 4.74 Å². The molecular weight excluding hydrogens is 230 g/mol. The average Bonchev–Trinajstić information content (AvgIpc) is 2.43. The molecule has 1 N–H and O–H groups in total. The lowest BCUT2D eigenvalue weighted by atomic mass is 9.78. The molecule has 0 aromatic rings. The van der Waals surface area contributed by atoms with Crippen LogP contribution in [0.15, 0.2) is 0 Å². The average molecular weight is 251 g/mol. The third kappa shape index (κ3) is 2.94. The van der Waals surface area contributed by atoms with Gasteiger partial charge in [0.05, 0.1) is 19.3 Å². The lowest BCUT2D eigenvalue weighted by Gasteiger charge is -2.37. The minimum Gasteiger partial charge on any atom is -0.378 e. The fourth-order valence-electron chi connectivity index (χ4n) is 2.57. The molecule has 1 saturated carbocycles. The Hall–Kier alpha value is -1.28. The number of carbonyl (C=O) groups is 1. The van der Waals surface area contributed by atoms with Crippen LogP contribution in [0.3, 0.4) is 0 Å². The highest BCUT2D eigenvalue weighted by molar-refractivity contribution is 5.75. The minimum atomic E-state index is -0.651. The Bertz CT molecular complexity index is 337. The first kappa shape index (κ1) is 13.2. The summed E-state index contributed by atoms with van der Waals surface area (Å²) in [6.45, 7) is 4.60. The molecule has 5 nitrogen and oxygen atoms in total. The number of morpholine rings is 1. The summed E-state index contributed by atoms with van der Waals surface area (Å²) < 4.78 is 5.22. The highest BCUT2D eigenvalue weighted by Crippen LogP contribution is 2.31. The van der Waals surface area contributed by atoms with Gasteiger partial charge in [-0.1, -0.05) is 6.92 Å². The molecular formula is C13H21N3O2. The molecule has 0 aromatic carbocycles. The van der Waals surface area contributed by atoms with Gasteiger partial charge in [0.1, 0.15) is 5.54 Å². The van der Waals surface area contributed by atoms with Gasteiger partial charge in [-0.3, -0.25) is 0 Å². The number of rotatable bonds is 1.